The van der Waals surface area contributed by atoms with E-state index in [1.54, 1.807) is 10.8 Å². The summed E-state index contributed by atoms with van der Waals surface area (Å²) in [7, 11) is -4.01. The van der Waals surface area contributed by atoms with E-state index in [-0.39, 0.29) is 16.5 Å². The van der Waals surface area contributed by atoms with Gasteiger partial charge in [-0.25, -0.2) is 17.9 Å². The fraction of sp³-hybridized carbons (Fsp3) is 0.100. The van der Waals surface area contributed by atoms with Gasteiger partial charge in [0.1, 0.15) is 11.5 Å². The Labute approximate surface area is 104 Å². The van der Waals surface area contributed by atoms with Crippen molar-refractivity contribution in [2.45, 2.75) is 4.90 Å². The molecule has 1 aromatic carbocycles. The van der Waals surface area contributed by atoms with Crippen molar-refractivity contribution >= 4 is 27.7 Å². The monoisotopic (exact) mass is 275 g/mol. The molecule has 1 rings (SSSR count). The maximum atomic E-state index is 11.7. The molecule has 0 spiro atoms. The minimum atomic E-state index is -4.01. The van der Waals surface area contributed by atoms with E-state index in [4.69, 9.17) is 11.6 Å². The van der Waals surface area contributed by atoms with Crippen LogP contribution < -0.4 is 4.72 Å². The van der Waals surface area contributed by atoms with E-state index in [0.717, 1.165) is 0 Å². The molecule has 0 aliphatic carbocycles. The van der Waals surface area contributed by atoms with Crippen LogP contribution >= 0.6 is 11.6 Å². The highest BCUT2D eigenvalue weighted by molar-refractivity contribution is 7.90. The van der Waals surface area contributed by atoms with Gasteiger partial charge in [0.2, 0.25) is 0 Å². The SMILES string of the molecule is C=CCOC(=O)NS(=O)(=O)c1ccccc1Cl. The largest absolute Gasteiger partial charge is 0.445 e. The second-order valence-electron chi connectivity index (χ2n) is 2.92. The number of ether oxygens (including phenoxy) is 1. The lowest BCUT2D eigenvalue weighted by Crippen LogP contribution is -2.31. The van der Waals surface area contributed by atoms with Crippen molar-refractivity contribution in [3.8, 4) is 0 Å². The number of nitrogens with one attached hydrogen (secondary N) is 1. The van der Waals surface area contributed by atoms with Crippen molar-refractivity contribution in [2.75, 3.05) is 6.61 Å². The van der Waals surface area contributed by atoms with E-state index in [2.05, 4.69) is 11.3 Å². The number of carbonyl (C=O) groups is 1. The maximum Gasteiger partial charge on any atom is 0.421 e. The summed E-state index contributed by atoms with van der Waals surface area (Å²) in [4.78, 5) is 10.9. The highest BCUT2D eigenvalue weighted by Gasteiger charge is 2.20. The summed E-state index contributed by atoms with van der Waals surface area (Å²) in [5, 5.41) is 0.0246. The molecule has 0 atom stereocenters. The zero-order valence-electron chi connectivity index (χ0n) is 8.72. The average Bonchev–Trinajstić information content (AvgIpc) is 2.26. The first-order valence-electron chi connectivity index (χ1n) is 4.52. The Morgan fingerprint density at radius 3 is 2.71 bits per heavy atom. The molecular formula is C10H10ClNO4S. The van der Waals surface area contributed by atoms with Gasteiger partial charge in [-0.05, 0) is 12.1 Å². The maximum absolute atomic E-state index is 11.7. The molecule has 0 aliphatic heterocycles. The van der Waals surface area contributed by atoms with Gasteiger partial charge in [-0.2, -0.15) is 0 Å². The zero-order chi connectivity index (χ0) is 12.9. The standard InChI is InChI=1S/C10H10ClNO4S/c1-2-7-16-10(13)12-17(14,15)9-6-4-3-5-8(9)11/h2-6H,1,7H2,(H,12,13). The predicted molar refractivity (Wildman–Crippen MR) is 63.3 cm³/mol. The van der Waals surface area contributed by atoms with Gasteiger partial charge in [-0.15, -0.1) is 0 Å². The van der Waals surface area contributed by atoms with Gasteiger partial charge in [0.15, 0.2) is 0 Å². The fourth-order valence-electron chi connectivity index (χ4n) is 0.991. The second kappa shape index (κ2) is 5.70. The van der Waals surface area contributed by atoms with Crippen molar-refractivity contribution in [3.63, 3.8) is 0 Å². The van der Waals surface area contributed by atoms with Crippen LogP contribution in [0, 0.1) is 0 Å². The number of sulfonamides is 1. The summed E-state index contributed by atoms with van der Waals surface area (Å²) in [6.07, 6.45) is 0.242. The van der Waals surface area contributed by atoms with E-state index >= 15 is 0 Å². The molecule has 7 heteroatoms. The number of carbonyl (C=O) groups excluding carboxylic acids is 1. The second-order valence-corrected chi connectivity index (χ2v) is 4.98. The Bertz CT molecular complexity index is 527. The van der Waals surface area contributed by atoms with Crippen LogP contribution in [0.2, 0.25) is 5.02 Å². The van der Waals surface area contributed by atoms with Crippen molar-refractivity contribution < 1.29 is 17.9 Å². The molecule has 1 N–H and O–H groups in total. The molecule has 0 bridgehead atoms. The van der Waals surface area contributed by atoms with E-state index in [9.17, 15) is 13.2 Å². The number of halogens is 1. The quantitative estimate of drug-likeness (QED) is 0.853. The molecule has 0 unspecified atom stereocenters. The molecule has 0 aromatic heterocycles. The zero-order valence-corrected chi connectivity index (χ0v) is 10.3. The van der Waals surface area contributed by atoms with Crippen LogP contribution in [0.25, 0.3) is 0 Å². The Kier molecular flexibility index (Phi) is 4.53. The first kappa shape index (κ1) is 13.5. The van der Waals surface area contributed by atoms with Gasteiger partial charge in [0.25, 0.3) is 10.0 Å². The Morgan fingerprint density at radius 1 is 1.47 bits per heavy atom. The number of amides is 1. The van der Waals surface area contributed by atoms with Gasteiger partial charge in [0.05, 0.1) is 5.02 Å². The molecule has 17 heavy (non-hydrogen) atoms. The van der Waals surface area contributed by atoms with Crippen LogP contribution in [0.15, 0.2) is 41.8 Å². The highest BCUT2D eigenvalue weighted by atomic mass is 35.5. The lowest BCUT2D eigenvalue weighted by Gasteiger charge is -2.07. The van der Waals surface area contributed by atoms with Crippen molar-refractivity contribution in [2.24, 2.45) is 0 Å². The molecular weight excluding hydrogens is 266 g/mol. The molecule has 1 amide bonds. The number of hydrogen-bond acceptors (Lipinski definition) is 4. The van der Waals surface area contributed by atoms with Gasteiger partial charge >= 0.3 is 6.09 Å². The third kappa shape index (κ3) is 3.76. The highest BCUT2D eigenvalue weighted by Crippen LogP contribution is 2.19. The average molecular weight is 276 g/mol. The number of rotatable bonds is 4. The summed E-state index contributed by atoms with van der Waals surface area (Å²) in [6.45, 7) is 3.25. The smallest absolute Gasteiger partial charge is 0.421 e. The van der Waals surface area contributed by atoms with Crippen molar-refractivity contribution in [1.82, 2.24) is 4.72 Å². The van der Waals surface area contributed by atoms with Crippen LogP contribution in [0.4, 0.5) is 4.79 Å². The van der Waals surface area contributed by atoms with Gasteiger partial charge < -0.3 is 4.74 Å². The van der Waals surface area contributed by atoms with Crippen LogP contribution in [0.5, 0.6) is 0 Å². The summed E-state index contributed by atoms with van der Waals surface area (Å²) < 4.78 is 29.6. The minimum absolute atomic E-state index is 0.0246. The normalized spacial score (nSPS) is 10.6. The number of benzene rings is 1. The summed E-state index contributed by atoms with van der Waals surface area (Å²) in [5.41, 5.74) is 0. The molecule has 92 valence electrons. The molecule has 0 saturated heterocycles. The Balaban J connectivity index is 2.86. The first-order valence-corrected chi connectivity index (χ1v) is 6.38. The van der Waals surface area contributed by atoms with Gasteiger partial charge in [0, 0.05) is 0 Å². The molecule has 0 heterocycles. The van der Waals surface area contributed by atoms with Crippen LogP contribution in [-0.2, 0) is 14.8 Å². The molecule has 0 saturated carbocycles. The topological polar surface area (TPSA) is 72.5 Å². The predicted octanol–water partition coefficient (Wildman–Crippen LogP) is 1.94. The van der Waals surface area contributed by atoms with Crippen LogP contribution in [-0.4, -0.2) is 21.1 Å². The van der Waals surface area contributed by atoms with Crippen molar-refractivity contribution in [1.29, 1.82) is 0 Å². The number of hydrogen-bond donors (Lipinski definition) is 1. The molecule has 0 fully saturated rings. The molecule has 0 aliphatic rings. The minimum Gasteiger partial charge on any atom is -0.445 e. The molecule has 0 radical (unpaired) electrons. The lowest BCUT2D eigenvalue weighted by atomic mass is 10.4. The van der Waals surface area contributed by atoms with Crippen molar-refractivity contribution in [3.05, 3.63) is 41.9 Å². The van der Waals surface area contributed by atoms with E-state index < -0.39 is 16.1 Å². The fourth-order valence-corrected chi connectivity index (χ4v) is 2.40. The van der Waals surface area contributed by atoms with E-state index in [1.165, 1.54) is 24.3 Å². The lowest BCUT2D eigenvalue weighted by molar-refractivity contribution is 0.165. The van der Waals surface area contributed by atoms with Crippen LogP contribution in [0.1, 0.15) is 0 Å². The third-order valence-corrected chi connectivity index (χ3v) is 3.49. The molecule has 1 aromatic rings. The van der Waals surface area contributed by atoms with E-state index in [0.29, 0.717) is 0 Å². The van der Waals surface area contributed by atoms with Crippen LogP contribution in [0.3, 0.4) is 0 Å². The summed E-state index contributed by atoms with van der Waals surface area (Å²) in [5.74, 6) is 0. The Hall–Kier alpha value is -1.53. The Morgan fingerprint density at radius 2 is 2.12 bits per heavy atom. The third-order valence-electron chi connectivity index (χ3n) is 1.68. The summed E-state index contributed by atoms with van der Waals surface area (Å²) >= 11 is 5.71. The summed E-state index contributed by atoms with van der Waals surface area (Å²) in [6, 6.07) is 5.77. The first-order chi connectivity index (χ1) is 7.97. The van der Waals surface area contributed by atoms with E-state index in [1.807, 2.05) is 0 Å². The van der Waals surface area contributed by atoms with Gasteiger partial charge in [-0.3, -0.25) is 0 Å². The molecule has 5 nitrogen and oxygen atoms in total. The van der Waals surface area contributed by atoms with Gasteiger partial charge in [-0.1, -0.05) is 36.4 Å².